The van der Waals surface area contributed by atoms with Crippen molar-refractivity contribution in [2.24, 2.45) is 0 Å². The summed E-state index contributed by atoms with van der Waals surface area (Å²) < 4.78 is 0. The van der Waals surface area contributed by atoms with Crippen LogP contribution in [0.5, 0.6) is 0 Å². The summed E-state index contributed by atoms with van der Waals surface area (Å²) in [7, 11) is 0. The monoisotopic (exact) mass is 442 g/mol. The van der Waals surface area contributed by atoms with Crippen LogP contribution in [-0.4, -0.2) is 39.8 Å². The minimum atomic E-state index is -0.0814. The molecule has 0 aliphatic carbocycles. The Kier molecular flexibility index (Phi) is 5.56. The maximum atomic E-state index is 13.0. The van der Waals surface area contributed by atoms with Gasteiger partial charge < -0.3 is 15.2 Å². The molecule has 4 heterocycles. The van der Waals surface area contributed by atoms with Crippen molar-refractivity contribution in [2.75, 3.05) is 13.1 Å². The van der Waals surface area contributed by atoms with Crippen molar-refractivity contribution in [2.45, 2.75) is 13.0 Å². The minimum absolute atomic E-state index is 0.0232. The van der Waals surface area contributed by atoms with Crippen LogP contribution >= 0.6 is 11.3 Å². The first-order valence-corrected chi connectivity index (χ1v) is 11.4. The Bertz CT molecular complexity index is 1290. The Hall–Kier alpha value is -3.71. The Labute approximate surface area is 189 Å². The highest BCUT2D eigenvalue weighted by molar-refractivity contribution is 7.12. The van der Waals surface area contributed by atoms with E-state index in [4.69, 9.17) is 0 Å². The molecule has 0 radical (unpaired) electrons. The molecule has 4 aromatic rings. The lowest BCUT2D eigenvalue weighted by molar-refractivity contribution is 0.0772. The third-order valence-electron chi connectivity index (χ3n) is 5.69. The number of aromatic nitrogens is 2. The first-order valence-electron chi connectivity index (χ1n) is 10.5. The zero-order chi connectivity index (χ0) is 21.9. The number of carbonyl (C=O) groups excluding carboxylic acids is 2. The predicted octanol–water partition coefficient (Wildman–Crippen LogP) is 4.48. The van der Waals surface area contributed by atoms with Crippen LogP contribution in [-0.2, 0) is 6.54 Å². The summed E-state index contributed by atoms with van der Waals surface area (Å²) in [6.45, 7) is 1.69. The second-order valence-electron chi connectivity index (χ2n) is 7.69. The molecule has 3 aromatic heterocycles. The number of aromatic amines is 1. The van der Waals surface area contributed by atoms with Gasteiger partial charge in [-0.2, -0.15) is 0 Å². The number of nitrogens with one attached hydrogen (secondary N) is 2. The molecule has 0 spiro atoms. The Balaban J connectivity index is 1.21. The van der Waals surface area contributed by atoms with E-state index in [1.54, 1.807) is 12.3 Å². The number of carbonyl (C=O) groups is 2. The average molecular weight is 443 g/mol. The van der Waals surface area contributed by atoms with E-state index in [1.165, 1.54) is 16.9 Å². The van der Waals surface area contributed by atoms with Crippen LogP contribution < -0.4 is 5.32 Å². The number of amides is 2. The fourth-order valence-corrected chi connectivity index (χ4v) is 4.58. The van der Waals surface area contributed by atoms with Crippen LogP contribution in [0, 0.1) is 0 Å². The van der Waals surface area contributed by atoms with Crippen molar-refractivity contribution >= 4 is 39.8 Å². The fourth-order valence-electron chi connectivity index (χ4n) is 3.94. The molecule has 0 unspecified atom stereocenters. The van der Waals surface area contributed by atoms with E-state index >= 15 is 0 Å². The number of pyridine rings is 1. The van der Waals surface area contributed by atoms with Crippen LogP contribution in [0.4, 0.5) is 0 Å². The van der Waals surface area contributed by atoms with E-state index in [1.807, 2.05) is 52.9 Å². The number of benzene rings is 1. The van der Waals surface area contributed by atoms with Crippen LogP contribution in [0.15, 0.2) is 72.4 Å². The van der Waals surface area contributed by atoms with Gasteiger partial charge in [-0.15, -0.1) is 11.3 Å². The van der Waals surface area contributed by atoms with Crippen molar-refractivity contribution in [3.63, 3.8) is 0 Å². The SMILES string of the molecule is O=C(NCc1ccc(C(=O)N2CC=C(c3c[nH]c4ncccc34)CC2)cc1)c1cccs1. The number of H-pyrrole nitrogens is 1. The third kappa shape index (κ3) is 4.07. The molecule has 1 aromatic carbocycles. The molecular formula is C25H22N4O2S. The van der Waals surface area contributed by atoms with Gasteiger partial charge >= 0.3 is 0 Å². The molecule has 2 N–H and O–H groups in total. The normalized spacial score (nSPS) is 13.8. The van der Waals surface area contributed by atoms with Crippen molar-refractivity contribution in [3.8, 4) is 0 Å². The topological polar surface area (TPSA) is 78.1 Å². The number of fused-ring (bicyclic) bond motifs is 1. The van der Waals surface area contributed by atoms with E-state index in [0.29, 0.717) is 30.1 Å². The van der Waals surface area contributed by atoms with E-state index in [0.717, 1.165) is 28.6 Å². The van der Waals surface area contributed by atoms with Crippen LogP contribution in [0.3, 0.4) is 0 Å². The maximum Gasteiger partial charge on any atom is 0.261 e. The fraction of sp³-hybridized carbons (Fsp3) is 0.160. The highest BCUT2D eigenvalue weighted by Gasteiger charge is 2.20. The van der Waals surface area contributed by atoms with Gasteiger partial charge in [0.2, 0.25) is 0 Å². The van der Waals surface area contributed by atoms with Crippen molar-refractivity contribution < 1.29 is 9.59 Å². The quantitative estimate of drug-likeness (QED) is 0.478. The summed E-state index contributed by atoms with van der Waals surface area (Å²) in [6, 6.07) is 15.1. The third-order valence-corrected chi connectivity index (χ3v) is 6.56. The summed E-state index contributed by atoms with van der Waals surface area (Å²) in [4.78, 5) is 35.2. The summed E-state index contributed by atoms with van der Waals surface area (Å²) in [5.74, 6) is -0.0582. The van der Waals surface area contributed by atoms with Gasteiger partial charge in [-0.3, -0.25) is 9.59 Å². The van der Waals surface area contributed by atoms with Gasteiger partial charge in [-0.05, 0) is 53.3 Å². The maximum absolute atomic E-state index is 13.0. The van der Waals surface area contributed by atoms with E-state index < -0.39 is 0 Å². The molecule has 32 heavy (non-hydrogen) atoms. The van der Waals surface area contributed by atoms with Crippen molar-refractivity contribution in [1.82, 2.24) is 20.2 Å². The lowest BCUT2D eigenvalue weighted by Gasteiger charge is -2.26. The molecule has 160 valence electrons. The molecule has 0 bridgehead atoms. The second kappa shape index (κ2) is 8.80. The summed E-state index contributed by atoms with van der Waals surface area (Å²) in [5, 5.41) is 5.90. The number of rotatable bonds is 5. The molecule has 0 saturated heterocycles. The smallest absolute Gasteiger partial charge is 0.261 e. The average Bonchev–Trinajstić information content (AvgIpc) is 3.53. The van der Waals surface area contributed by atoms with E-state index in [-0.39, 0.29) is 11.8 Å². The molecule has 7 heteroatoms. The van der Waals surface area contributed by atoms with Crippen molar-refractivity contribution in [3.05, 3.63) is 93.9 Å². The molecular weight excluding hydrogens is 420 g/mol. The first kappa shape index (κ1) is 20.2. The van der Waals surface area contributed by atoms with Gasteiger partial charge in [0, 0.05) is 48.5 Å². The van der Waals surface area contributed by atoms with Gasteiger partial charge in [-0.1, -0.05) is 24.3 Å². The Morgan fingerprint density at radius 2 is 2.00 bits per heavy atom. The number of hydrogen-bond acceptors (Lipinski definition) is 4. The zero-order valence-electron chi connectivity index (χ0n) is 17.4. The first-order chi connectivity index (χ1) is 15.7. The highest BCUT2D eigenvalue weighted by atomic mass is 32.1. The van der Waals surface area contributed by atoms with Gasteiger partial charge in [0.05, 0.1) is 4.88 Å². The van der Waals surface area contributed by atoms with Gasteiger partial charge in [0.15, 0.2) is 0 Å². The highest BCUT2D eigenvalue weighted by Crippen LogP contribution is 2.28. The van der Waals surface area contributed by atoms with Gasteiger partial charge in [0.25, 0.3) is 11.8 Å². The number of thiophene rings is 1. The minimum Gasteiger partial charge on any atom is -0.347 e. The second-order valence-corrected chi connectivity index (χ2v) is 8.64. The Morgan fingerprint density at radius 3 is 2.75 bits per heavy atom. The summed E-state index contributed by atoms with van der Waals surface area (Å²) in [6.07, 6.45) is 6.71. The molecule has 5 rings (SSSR count). The standard InChI is InChI=1S/C25H22N4O2S/c30-24(22-4-2-14-32-22)28-15-17-5-7-19(8-6-17)25(31)29-12-9-18(10-13-29)21-16-27-23-20(21)3-1-11-26-23/h1-9,11,14,16H,10,12-13,15H2,(H,26,27)(H,28,30). The molecule has 0 saturated carbocycles. The summed E-state index contributed by atoms with van der Waals surface area (Å²) >= 11 is 1.42. The van der Waals surface area contributed by atoms with Crippen LogP contribution in [0.2, 0.25) is 0 Å². The zero-order valence-corrected chi connectivity index (χ0v) is 18.2. The van der Waals surface area contributed by atoms with Crippen molar-refractivity contribution in [1.29, 1.82) is 0 Å². The van der Waals surface area contributed by atoms with Gasteiger partial charge in [0.1, 0.15) is 5.65 Å². The van der Waals surface area contributed by atoms with Crippen LogP contribution in [0.1, 0.15) is 37.6 Å². The largest absolute Gasteiger partial charge is 0.347 e. The molecule has 0 atom stereocenters. The molecule has 0 fully saturated rings. The van der Waals surface area contributed by atoms with Gasteiger partial charge in [-0.25, -0.2) is 4.98 Å². The molecule has 1 aliphatic rings. The lowest BCUT2D eigenvalue weighted by atomic mass is 9.99. The predicted molar refractivity (Wildman–Crippen MR) is 127 cm³/mol. The van der Waals surface area contributed by atoms with Crippen LogP contribution in [0.25, 0.3) is 16.6 Å². The molecule has 2 amide bonds. The molecule has 6 nitrogen and oxygen atoms in total. The van der Waals surface area contributed by atoms with E-state index in [2.05, 4.69) is 27.4 Å². The number of nitrogens with zero attached hydrogens (tertiary/aromatic N) is 2. The number of hydrogen-bond donors (Lipinski definition) is 2. The van der Waals surface area contributed by atoms with E-state index in [9.17, 15) is 9.59 Å². The Morgan fingerprint density at radius 1 is 1.12 bits per heavy atom. The lowest BCUT2D eigenvalue weighted by Crippen LogP contribution is -2.34. The summed E-state index contributed by atoms with van der Waals surface area (Å²) in [5.41, 5.74) is 4.90. The molecule has 1 aliphatic heterocycles.